The van der Waals surface area contributed by atoms with E-state index >= 15 is 0 Å². The van der Waals surface area contributed by atoms with Crippen LogP contribution in [0.25, 0.3) is 22.4 Å². The van der Waals surface area contributed by atoms with Crippen molar-refractivity contribution >= 4 is 17.7 Å². The Hall–Kier alpha value is -3.85. The summed E-state index contributed by atoms with van der Waals surface area (Å²) in [4.78, 5) is 29.1. The molecule has 1 aromatic heterocycles. The van der Waals surface area contributed by atoms with Gasteiger partial charge in [0.05, 0.1) is 30.2 Å². The number of nitrogens with two attached hydrogens (primary N) is 1. The van der Waals surface area contributed by atoms with E-state index in [4.69, 9.17) is 10.7 Å². The van der Waals surface area contributed by atoms with E-state index in [1.165, 1.54) is 7.11 Å². The number of aromatic nitrogens is 1. The number of alkyl carbamates (subject to hydrolysis) is 1. The van der Waals surface area contributed by atoms with Crippen molar-refractivity contribution in [2.75, 3.05) is 12.4 Å². The molecule has 2 saturated carbocycles. The van der Waals surface area contributed by atoms with Crippen molar-refractivity contribution in [3.8, 4) is 22.4 Å². The minimum Gasteiger partial charge on any atom is -0.453 e. The van der Waals surface area contributed by atoms with Gasteiger partial charge in [0, 0.05) is 36.4 Å². The van der Waals surface area contributed by atoms with Gasteiger partial charge in [0.15, 0.2) is 0 Å². The summed E-state index contributed by atoms with van der Waals surface area (Å²) in [7, 11) is 1.35. The third-order valence-corrected chi connectivity index (χ3v) is 7.97. The van der Waals surface area contributed by atoms with Crippen LogP contribution in [0.5, 0.6) is 0 Å². The molecule has 0 spiro atoms. The molecule has 0 bridgehead atoms. The minimum atomic E-state index is -2.71. The van der Waals surface area contributed by atoms with Crippen LogP contribution in [-0.2, 0) is 15.1 Å². The number of alkyl halides is 2. The molecule has 2 aliphatic rings. The Balaban J connectivity index is 1.29. The molecule has 2 aliphatic carbocycles. The number of methoxy groups -OCH3 is 1. The van der Waals surface area contributed by atoms with Crippen LogP contribution >= 0.6 is 0 Å². The first-order chi connectivity index (χ1) is 19.1. The molecule has 5 rings (SSSR count). The van der Waals surface area contributed by atoms with Gasteiger partial charge in [-0.25, -0.2) is 13.6 Å². The van der Waals surface area contributed by atoms with Gasteiger partial charge in [-0.05, 0) is 48.8 Å². The number of ether oxygens (including phenoxy) is 1. The SMILES string of the molecule is COC(=O)NC1CCC(CC(=O)Nc2cnc(-c3ccc(C4(N)CC(F)(F)C4)cc3)c(-c3ccccc3)c2)CC1. The smallest absolute Gasteiger partial charge is 0.407 e. The van der Waals surface area contributed by atoms with Gasteiger partial charge in [-0.2, -0.15) is 0 Å². The summed E-state index contributed by atoms with van der Waals surface area (Å²) in [5, 5.41) is 5.84. The van der Waals surface area contributed by atoms with Crippen LogP contribution in [0.3, 0.4) is 0 Å². The van der Waals surface area contributed by atoms with Gasteiger partial charge < -0.3 is 21.1 Å². The molecule has 1 heterocycles. The molecule has 2 fully saturated rings. The van der Waals surface area contributed by atoms with E-state index in [0.717, 1.165) is 48.1 Å². The number of hydrogen-bond donors (Lipinski definition) is 3. The maximum atomic E-state index is 13.5. The highest BCUT2D eigenvalue weighted by atomic mass is 19.3. The average Bonchev–Trinajstić information content (AvgIpc) is 2.93. The Kier molecular flexibility index (Phi) is 7.85. The Morgan fingerprint density at radius 1 is 1.00 bits per heavy atom. The maximum absolute atomic E-state index is 13.5. The van der Waals surface area contributed by atoms with Gasteiger partial charge in [-0.3, -0.25) is 9.78 Å². The summed E-state index contributed by atoms with van der Waals surface area (Å²) in [5.74, 6) is -2.54. The number of nitrogens with one attached hydrogen (secondary N) is 2. The normalized spacial score (nSPS) is 21.1. The largest absolute Gasteiger partial charge is 0.453 e. The molecule has 4 N–H and O–H groups in total. The molecular weight excluding hydrogens is 514 g/mol. The zero-order valence-electron chi connectivity index (χ0n) is 22.5. The van der Waals surface area contributed by atoms with Crippen LogP contribution in [0.2, 0.25) is 0 Å². The highest BCUT2D eigenvalue weighted by molar-refractivity contribution is 5.93. The third kappa shape index (κ3) is 6.31. The number of nitrogens with zero attached hydrogens (tertiary/aromatic N) is 1. The number of hydrogen-bond acceptors (Lipinski definition) is 5. The van der Waals surface area contributed by atoms with Crippen LogP contribution in [-0.4, -0.2) is 36.1 Å². The second-order valence-electron chi connectivity index (χ2n) is 11.0. The number of halogens is 2. The predicted octanol–water partition coefficient (Wildman–Crippen LogP) is 6.24. The fraction of sp³-hybridized carbons (Fsp3) is 0.387. The van der Waals surface area contributed by atoms with E-state index in [1.807, 2.05) is 48.5 Å². The molecule has 0 saturated heterocycles. The molecule has 40 heavy (non-hydrogen) atoms. The first kappa shape index (κ1) is 27.7. The number of pyridine rings is 1. The Morgan fingerprint density at radius 2 is 1.68 bits per heavy atom. The number of benzene rings is 2. The van der Waals surface area contributed by atoms with Gasteiger partial charge >= 0.3 is 6.09 Å². The van der Waals surface area contributed by atoms with Gasteiger partial charge in [-0.15, -0.1) is 0 Å². The summed E-state index contributed by atoms with van der Waals surface area (Å²) >= 11 is 0. The lowest BCUT2D eigenvalue weighted by Crippen LogP contribution is -2.55. The molecule has 0 aliphatic heterocycles. The lowest BCUT2D eigenvalue weighted by molar-refractivity contribution is -0.125. The molecular formula is C31H34F2N4O3. The first-order valence-electron chi connectivity index (χ1n) is 13.6. The second kappa shape index (κ2) is 11.3. The third-order valence-electron chi connectivity index (χ3n) is 7.97. The van der Waals surface area contributed by atoms with E-state index in [9.17, 15) is 18.4 Å². The number of amides is 2. The standard InChI is InChI=1S/C31H34F2N4O3/c1-40-29(39)37-24-13-7-20(8-14-24)15-27(38)36-25-16-26(21-5-3-2-4-6-21)28(35-17-25)22-9-11-23(12-10-22)30(34)18-31(32,33)19-30/h2-6,9-12,16-17,20,24H,7-8,13-15,18-19,34H2,1H3,(H,36,38)(H,37,39). The van der Waals surface area contributed by atoms with E-state index in [-0.39, 0.29) is 30.7 Å². The molecule has 0 unspecified atom stereocenters. The summed E-state index contributed by atoms with van der Waals surface area (Å²) < 4.78 is 31.7. The first-order valence-corrected chi connectivity index (χ1v) is 13.6. The molecule has 0 atom stereocenters. The van der Waals surface area contributed by atoms with Crippen molar-refractivity contribution in [1.82, 2.24) is 10.3 Å². The van der Waals surface area contributed by atoms with Crippen molar-refractivity contribution < 1.29 is 23.1 Å². The van der Waals surface area contributed by atoms with Crippen LogP contribution in [0.15, 0.2) is 66.9 Å². The molecule has 0 radical (unpaired) electrons. The van der Waals surface area contributed by atoms with Crippen LogP contribution in [0, 0.1) is 5.92 Å². The number of carbonyl (C=O) groups is 2. The molecule has 9 heteroatoms. The van der Waals surface area contributed by atoms with Crippen molar-refractivity contribution in [1.29, 1.82) is 0 Å². The van der Waals surface area contributed by atoms with Crippen molar-refractivity contribution in [2.45, 2.75) is 62.4 Å². The second-order valence-corrected chi connectivity index (χ2v) is 11.0. The zero-order chi connectivity index (χ0) is 28.3. The summed E-state index contributed by atoms with van der Waals surface area (Å²) in [6, 6.07) is 19.1. The Bertz CT molecular complexity index is 1350. The fourth-order valence-electron chi connectivity index (χ4n) is 5.85. The monoisotopic (exact) mass is 548 g/mol. The van der Waals surface area contributed by atoms with Crippen molar-refractivity contribution in [3.05, 3.63) is 72.4 Å². The lowest BCUT2D eigenvalue weighted by atomic mass is 9.70. The fourth-order valence-corrected chi connectivity index (χ4v) is 5.85. The van der Waals surface area contributed by atoms with Crippen molar-refractivity contribution in [3.63, 3.8) is 0 Å². The molecule has 210 valence electrons. The zero-order valence-corrected chi connectivity index (χ0v) is 22.5. The number of carbonyl (C=O) groups excluding carboxylic acids is 2. The van der Waals surface area contributed by atoms with Crippen molar-refractivity contribution in [2.24, 2.45) is 11.7 Å². The number of anilines is 1. The lowest BCUT2D eigenvalue weighted by Gasteiger charge is -2.44. The summed E-state index contributed by atoms with van der Waals surface area (Å²) in [6.45, 7) is 0. The maximum Gasteiger partial charge on any atom is 0.407 e. The van der Waals surface area contributed by atoms with E-state index in [1.54, 1.807) is 18.3 Å². The number of rotatable bonds is 7. The quantitative estimate of drug-likeness (QED) is 0.324. The van der Waals surface area contributed by atoms with Gasteiger partial charge in [0.2, 0.25) is 5.91 Å². The highest BCUT2D eigenvalue weighted by Crippen LogP contribution is 2.50. The Labute approximate surface area is 232 Å². The highest BCUT2D eigenvalue weighted by Gasteiger charge is 2.55. The van der Waals surface area contributed by atoms with Crippen LogP contribution < -0.4 is 16.4 Å². The van der Waals surface area contributed by atoms with Gasteiger partial charge in [0.25, 0.3) is 5.92 Å². The molecule has 2 aromatic carbocycles. The molecule has 7 nitrogen and oxygen atoms in total. The average molecular weight is 549 g/mol. The predicted molar refractivity (Wildman–Crippen MR) is 150 cm³/mol. The van der Waals surface area contributed by atoms with E-state index < -0.39 is 17.6 Å². The summed E-state index contributed by atoms with van der Waals surface area (Å²) in [6.07, 6.45) is 4.24. The molecule has 2 amide bonds. The Morgan fingerprint density at radius 3 is 2.30 bits per heavy atom. The van der Waals surface area contributed by atoms with Gasteiger partial charge in [0.1, 0.15) is 0 Å². The minimum absolute atomic E-state index is 0.0761. The van der Waals surface area contributed by atoms with E-state index in [2.05, 4.69) is 15.4 Å². The van der Waals surface area contributed by atoms with Crippen LogP contribution in [0.4, 0.5) is 19.3 Å². The topological polar surface area (TPSA) is 106 Å². The summed E-state index contributed by atoms with van der Waals surface area (Å²) in [5.41, 5.74) is 9.82. The van der Waals surface area contributed by atoms with Gasteiger partial charge in [-0.1, -0.05) is 54.6 Å². The molecule has 3 aromatic rings. The van der Waals surface area contributed by atoms with E-state index in [0.29, 0.717) is 17.7 Å². The van der Waals surface area contributed by atoms with Crippen LogP contribution in [0.1, 0.15) is 50.5 Å².